The van der Waals surface area contributed by atoms with E-state index in [2.05, 4.69) is 16.1 Å². The van der Waals surface area contributed by atoms with Crippen molar-refractivity contribution < 1.29 is 13.2 Å². The maximum absolute atomic E-state index is 13.0. The van der Waals surface area contributed by atoms with E-state index in [9.17, 15) is 13.2 Å². The average molecular weight is 481 g/mol. The minimum atomic E-state index is -3.86. The monoisotopic (exact) mass is 480 g/mol. The SMILES string of the molecule is O=C(NC1CCc2ccccc21)c1cc(S(=O)(=O)NCC2CCCCC2)c(Cl)cc1Cl. The molecule has 0 spiro atoms. The molecule has 31 heavy (non-hydrogen) atoms. The maximum atomic E-state index is 13.0. The number of sulfonamides is 1. The fourth-order valence-corrected chi connectivity index (χ4v) is 6.52. The van der Waals surface area contributed by atoms with Crippen LogP contribution in [-0.4, -0.2) is 20.9 Å². The third kappa shape index (κ3) is 5.08. The van der Waals surface area contributed by atoms with Crippen molar-refractivity contribution in [3.05, 3.63) is 63.1 Å². The lowest BCUT2D eigenvalue weighted by Crippen LogP contribution is -2.31. The molecule has 0 saturated heterocycles. The van der Waals surface area contributed by atoms with Crippen LogP contribution in [0.15, 0.2) is 41.3 Å². The first-order valence-electron chi connectivity index (χ1n) is 10.7. The van der Waals surface area contributed by atoms with E-state index in [0.29, 0.717) is 12.5 Å². The van der Waals surface area contributed by atoms with Crippen LogP contribution in [0.2, 0.25) is 10.0 Å². The lowest BCUT2D eigenvalue weighted by molar-refractivity contribution is 0.0936. The Morgan fingerprint density at radius 2 is 1.74 bits per heavy atom. The maximum Gasteiger partial charge on any atom is 0.253 e. The van der Waals surface area contributed by atoms with Crippen molar-refractivity contribution in [2.75, 3.05) is 6.54 Å². The van der Waals surface area contributed by atoms with E-state index in [0.717, 1.165) is 44.1 Å². The van der Waals surface area contributed by atoms with Crippen LogP contribution in [0.3, 0.4) is 0 Å². The predicted octanol–water partition coefficient (Wildman–Crippen LogP) is 5.27. The molecule has 2 aliphatic carbocycles. The first-order chi connectivity index (χ1) is 14.8. The molecule has 1 unspecified atom stereocenters. The highest BCUT2D eigenvalue weighted by molar-refractivity contribution is 7.89. The summed E-state index contributed by atoms with van der Waals surface area (Å²) in [6.45, 7) is 0.377. The number of fused-ring (bicyclic) bond motifs is 1. The number of nitrogens with one attached hydrogen (secondary N) is 2. The van der Waals surface area contributed by atoms with E-state index in [1.165, 1.54) is 24.1 Å². The molecule has 166 valence electrons. The Kier molecular flexibility index (Phi) is 6.92. The Hall–Kier alpha value is -1.60. The molecule has 1 atom stereocenters. The van der Waals surface area contributed by atoms with Crippen LogP contribution in [0.1, 0.15) is 66.1 Å². The summed E-state index contributed by atoms with van der Waals surface area (Å²) in [5, 5.41) is 3.12. The number of halogens is 2. The topological polar surface area (TPSA) is 75.3 Å². The summed E-state index contributed by atoms with van der Waals surface area (Å²) in [6, 6.07) is 10.5. The molecule has 1 fully saturated rings. The molecule has 1 saturated carbocycles. The van der Waals surface area contributed by atoms with Crippen LogP contribution in [-0.2, 0) is 16.4 Å². The fourth-order valence-electron chi connectivity index (χ4n) is 4.55. The molecular weight excluding hydrogens is 455 g/mol. The van der Waals surface area contributed by atoms with Gasteiger partial charge in [0.1, 0.15) is 4.90 Å². The summed E-state index contributed by atoms with van der Waals surface area (Å²) >= 11 is 12.5. The minimum Gasteiger partial charge on any atom is -0.345 e. The number of carbonyl (C=O) groups is 1. The van der Waals surface area contributed by atoms with Crippen LogP contribution in [0.4, 0.5) is 0 Å². The second kappa shape index (κ2) is 9.49. The Morgan fingerprint density at radius 3 is 2.52 bits per heavy atom. The molecule has 5 nitrogen and oxygen atoms in total. The Bertz CT molecular complexity index is 1080. The smallest absolute Gasteiger partial charge is 0.253 e. The molecule has 2 aliphatic rings. The van der Waals surface area contributed by atoms with E-state index >= 15 is 0 Å². The number of amides is 1. The lowest BCUT2D eigenvalue weighted by atomic mass is 9.90. The fraction of sp³-hybridized carbons (Fsp3) is 0.435. The number of hydrogen-bond donors (Lipinski definition) is 2. The summed E-state index contributed by atoms with van der Waals surface area (Å²) < 4.78 is 28.5. The molecule has 0 aliphatic heterocycles. The molecule has 2 aromatic rings. The second-order valence-corrected chi connectivity index (χ2v) is 10.9. The van der Waals surface area contributed by atoms with Gasteiger partial charge in [0.05, 0.1) is 21.7 Å². The van der Waals surface area contributed by atoms with Gasteiger partial charge in [-0.2, -0.15) is 0 Å². The summed E-state index contributed by atoms with van der Waals surface area (Å²) in [7, 11) is -3.86. The summed E-state index contributed by atoms with van der Waals surface area (Å²) in [6.07, 6.45) is 7.19. The standard InChI is InChI=1S/C23H26Cl2N2O3S/c24-19-13-20(25)22(31(29,30)26-14-15-6-2-1-3-7-15)12-18(19)23(28)27-21-11-10-16-8-4-5-9-17(16)21/h4-5,8-9,12-13,15,21,26H,1-3,6-7,10-11,14H2,(H,27,28). The highest BCUT2D eigenvalue weighted by Crippen LogP contribution is 2.33. The zero-order valence-corrected chi connectivity index (χ0v) is 19.5. The summed E-state index contributed by atoms with van der Waals surface area (Å²) in [5.41, 5.74) is 2.40. The molecule has 0 bridgehead atoms. The summed E-state index contributed by atoms with van der Waals surface area (Å²) in [5.74, 6) is -0.0769. The van der Waals surface area contributed by atoms with Gasteiger partial charge < -0.3 is 5.32 Å². The number of rotatable bonds is 6. The molecule has 1 amide bonds. The predicted molar refractivity (Wildman–Crippen MR) is 123 cm³/mol. The van der Waals surface area contributed by atoms with Gasteiger partial charge in [-0.25, -0.2) is 13.1 Å². The zero-order chi connectivity index (χ0) is 22.0. The van der Waals surface area contributed by atoms with Crippen LogP contribution in [0.25, 0.3) is 0 Å². The van der Waals surface area contributed by atoms with Gasteiger partial charge in [0.25, 0.3) is 5.91 Å². The average Bonchev–Trinajstić information content (AvgIpc) is 3.16. The lowest BCUT2D eigenvalue weighted by Gasteiger charge is -2.22. The van der Waals surface area contributed by atoms with Crippen molar-refractivity contribution in [3.8, 4) is 0 Å². The minimum absolute atomic E-state index is 0.00362. The van der Waals surface area contributed by atoms with Crippen molar-refractivity contribution in [2.45, 2.75) is 55.9 Å². The Morgan fingerprint density at radius 1 is 1.00 bits per heavy atom. The zero-order valence-electron chi connectivity index (χ0n) is 17.2. The summed E-state index contributed by atoms with van der Waals surface area (Å²) in [4.78, 5) is 12.9. The van der Waals surface area contributed by atoms with Crippen LogP contribution < -0.4 is 10.0 Å². The van der Waals surface area contributed by atoms with Gasteiger partial charge in [0.15, 0.2) is 0 Å². The highest BCUT2D eigenvalue weighted by Gasteiger charge is 2.27. The van der Waals surface area contributed by atoms with Gasteiger partial charge >= 0.3 is 0 Å². The van der Waals surface area contributed by atoms with Crippen molar-refractivity contribution in [1.29, 1.82) is 0 Å². The van der Waals surface area contributed by atoms with E-state index < -0.39 is 15.9 Å². The molecule has 2 aromatic carbocycles. The van der Waals surface area contributed by atoms with Crippen molar-refractivity contribution in [3.63, 3.8) is 0 Å². The molecule has 0 heterocycles. The van der Waals surface area contributed by atoms with E-state index in [1.54, 1.807) is 0 Å². The van der Waals surface area contributed by atoms with Gasteiger partial charge in [-0.15, -0.1) is 0 Å². The number of hydrogen-bond acceptors (Lipinski definition) is 3. The van der Waals surface area contributed by atoms with Crippen molar-refractivity contribution in [2.24, 2.45) is 5.92 Å². The van der Waals surface area contributed by atoms with E-state index in [-0.39, 0.29) is 26.5 Å². The molecule has 0 aromatic heterocycles. The third-order valence-electron chi connectivity index (χ3n) is 6.28. The van der Waals surface area contributed by atoms with Gasteiger partial charge in [-0.3, -0.25) is 4.79 Å². The van der Waals surface area contributed by atoms with Gasteiger partial charge in [-0.1, -0.05) is 66.7 Å². The molecule has 2 N–H and O–H groups in total. The molecule has 8 heteroatoms. The second-order valence-electron chi connectivity index (χ2n) is 8.38. The van der Waals surface area contributed by atoms with Gasteiger partial charge in [0.2, 0.25) is 10.0 Å². The third-order valence-corrected chi connectivity index (χ3v) is 8.48. The Labute approximate surface area is 193 Å². The number of benzene rings is 2. The normalized spacial score (nSPS) is 19.2. The molecular formula is C23H26Cl2N2O3S. The first kappa shape index (κ1) is 22.6. The molecule has 0 radical (unpaired) electrons. The quantitative estimate of drug-likeness (QED) is 0.591. The van der Waals surface area contributed by atoms with Crippen molar-refractivity contribution in [1.82, 2.24) is 10.0 Å². The Balaban J connectivity index is 1.52. The van der Waals surface area contributed by atoms with Crippen molar-refractivity contribution >= 4 is 39.1 Å². The van der Waals surface area contributed by atoms with E-state index in [1.807, 2.05) is 18.2 Å². The van der Waals surface area contributed by atoms with Crippen LogP contribution >= 0.6 is 23.2 Å². The number of carbonyl (C=O) groups excluding carboxylic acids is 1. The van der Waals surface area contributed by atoms with Gasteiger partial charge in [0, 0.05) is 6.54 Å². The first-order valence-corrected chi connectivity index (χ1v) is 13.0. The highest BCUT2D eigenvalue weighted by atomic mass is 35.5. The van der Waals surface area contributed by atoms with Gasteiger partial charge in [-0.05, 0) is 54.9 Å². The van der Waals surface area contributed by atoms with Crippen LogP contribution in [0.5, 0.6) is 0 Å². The number of aryl methyl sites for hydroxylation is 1. The largest absolute Gasteiger partial charge is 0.345 e. The van der Waals surface area contributed by atoms with Crippen LogP contribution in [0, 0.1) is 5.92 Å². The molecule has 4 rings (SSSR count). The van der Waals surface area contributed by atoms with E-state index in [4.69, 9.17) is 23.2 Å².